The summed E-state index contributed by atoms with van der Waals surface area (Å²) >= 11 is 0. The molecule has 0 heterocycles. The quantitative estimate of drug-likeness (QED) is 0.515. The van der Waals surface area contributed by atoms with Crippen molar-refractivity contribution in [2.24, 2.45) is 0 Å². The molecule has 16 heavy (non-hydrogen) atoms. The highest BCUT2D eigenvalue weighted by Crippen LogP contribution is 2.07. The number of hydrogen-bond acceptors (Lipinski definition) is 1. The predicted octanol–water partition coefficient (Wildman–Crippen LogP) is 3.32. The van der Waals surface area contributed by atoms with Crippen LogP contribution in [0.4, 0.5) is 0 Å². The maximum atomic E-state index is 12.1. The Morgan fingerprint density at radius 2 is 2.00 bits per heavy atom. The van der Waals surface area contributed by atoms with Crippen molar-refractivity contribution in [3.8, 4) is 0 Å². The molecule has 0 aliphatic rings. The monoisotopic (exact) mass is 221 g/mol. The minimum absolute atomic E-state index is 0.0674. The number of carbonyl (C=O) groups excluding carboxylic acids is 1. The van der Waals surface area contributed by atoms with Crippen LogP contribution >= 0.6 is 0 Å². The van der Waals surface area contributed by atoms with Crippen LogP contribution in [-0.4, -0.2) is 23.9 Å². The van der Waals surface area contributed by atoms with Crippen molar-refractivity contribution in [1.82, 2.24) is 4.90 Å². The van der Waals surface area contributed by atoms with Crippen molar-refractivity contribution >= 4 is 5.91 Å². The van der Waals surface area contributed by atoms with E-state index in [0.717, 1.165) is 12.0 Å². The second kappa shape index (κ2) is 7.91. The topological polar surface area (TPSA) is 20.3 Å². The van der Waals surface area contributed by atoms with Crippen molar-refractivity contribution in [1.29, 1.82) is 0 Å². The molecular weight excluding hydrogens is 198 g/mol. The third kappa shape index (κ3) is 4.96. The largest absolute Gasteiger partial charge is 0.339 e. The molecule has 0 spiro atoms. The summed E-state index contributed by atoms with van der Waals surface area (Å²) in [6.07, 6.45) is 10.5. The molecule has 0 saturated heterocycles. The van der Waals surface area contributed by atoms with Crippen LogP contribution in [0.3, 0.4) is 0 Å². The molecule has 0 aromatic rings. The molecule has 2 heteroatoms. The van der Waals surface area contributed by atoms with Crippen LogP contribution in [-0.2, 0) is 4.79 Å². The first-order chi connectivity index (χ1) is 7.54. The average molecular weight is 221 g/mol. The maximum Gasteiger partial charge on any atom is 0.253 e. The molecule has 2 nitrogen and oxygen atoms in total. The Morgan fingerprint density at radius 1 is 1.38 bits per heavy atom. The molecule has 0 aromatic heterocycles. The summed E-state index contributed by atoms with van der Waals surface area (Å²) in [7, 11) is 1.83. The van der Waals surface area contributed by atoms with Crippen LogP contribution in [0.2, 0.25) is 0 Å². The van der Waals surface area contributed by atoms with E-state index in [1.54, 1.807) is 4.90 Å². The molecule has 0 bridgehead atoms. The lowest BCUT2D eigenvalue weighted by Crippen LogP contribution is -2.33. The lowest BCUT2D eigenvalue weighted by Gasteiger charge is -2.21. The second-order valence-electron chi connectivity index (χ2n) is 3.97. The van der Waals surface area contributed by atoms with Gasteiger partial charge in [-0.3, -0.25) is 4.79 Å². The first-order valence-electron chi connectivity index (χ1n) is 5.81. The van der Waals surface area contributed by atoms with E-state index in [4.69, 9.17) is 0 Å². The number of nitrogens with zero attached hydrogens (tertiary/aromatic N) is 1. The van der Waals surface area contributed by atoms with Crippen LogP contribution in [0.15, 0.2) is 36.0 Å². The van der Waals surface area contributed by atoms with Gasteiger partial charge in [-0.25, -0.2) is 0 Å². The Bertz CT molecular complexity index is 298. The Morgan fingerprint density at radius 3 is 2.44 bits per heavy atom. The smallest absolute Gasteiger partial charge is 0.253 e. The summed E-state index contributed by atoms with van der Waals surface area (Å²) in [4.78, 5) is 13.8. The number of rotatable bonds is 5. The molecule has 0 aliphatic carbocycles. The third-order valence-electron chi connectivity index (χ3n) is 2.34. The van der Waals surface area contributed by atoms with Crippen LogP contribution < -0.4 is 0 Å². The summed E-state index contributed by atoms with van der Waals surface area (Å²) in [6, 6.07) is 0.219. The molecule has 0 N–H and O–H groups in total. The van der Waals surface area contributed by atoms with Gasteiger partial charge in [0.2, 0.25) is 0 Å². The highest BCUT2D eigenvalue weighted by molar-refractivity contribution is 5.96. The molecule has 0 aliphatic heterocycles. The molecule has 0 saturated carbocycles. The van der Waals surface area contributed by atoms with Crippen molar-refractivity contribution in [2.45, 2.75) is 40.2 Å². The fourth-order valence-corrected chi connectivity index (χ4v) is 1.08. The van der Waals surface area contributed by atoms with Crippen LogP contribution in [0.1, 0.15) is 34.1 Å². The lowest BCUT2D eigenvalue weighted by molar-refractivity contribution is -0.126. The summed E-state index contributed by atoms with van der Waals surface area (Å²) in [5.41, 5.74) is 0.733. The summed E-state index contributed by atoms with van der Waals surface area (Å²) in [5, 5.41) is 0. The number of hydrogen-bond donors (Lipinski definition) is 0. The Balaban J connectivity index is 4.90. The van der Waals surface area contributed by atoms with Gasteiger partial charge < -0.3 is 4.90 Å². The van der Waals surface area contributed by atoms with Crippen molar-refractivity contribution in [3.05, 3.63) is 36.0 Å². The standard InChI is InChI=1S/C14H23NO/c1-6-8-10-13(11-9-7-2)14(16)15(5)12(3)4/h6,8-12H,7H2,1-5H3/b8-6-,11-9-,13-10+. The van der Waals surface area contributed by atoms with E-state index >= 15 is 0 Å². The molecule has 0 fully saturated rings. The highest BCUT2D eigenvalue weighted by Gasteiger charge is 2.14. The number of allylic oxidation sites excluding steroid dienone is 4. The zero-order chi connectivity index (χ0) is 12.6. The van der Waals surface area contributed by atoms with Crippen LogP contribution in [0, 0.1) is 0 Å². The van der Waals surface area contributed by atoms with Gasteiger partial charge in [-0.2, -0.15) is 0 Å². The third-order valence-corrected chi connectivity index (χ3v) is 2.34. The lowest BCUT2D eigenvalue weighted by atomic mass is 10.1. The summed E-state index contributed by atoms with van der Waals surface area (Å²) in [6.45, 7) is 8.01. The molecule has 90 valence electrons. The van der Waals surface area contributed by atoms with E-state index in [-0.39, 0.29) is 11.9 Å². The van der Waals surface area contributed by atoms with E-state index in [2.05, 4.69) is 6.92 Å². The summed E-state index contributed by atoms with van der Waals surface area (Å²) < 4.78 is 0. The van der Waals surface area contributed by atoms with Gasteiger partial charge in [-0.1, -0.05) is 31.2 Å². The zero-order valence-corrected chi connectivity index (χ0v) is 11.0. The molecular formula is C14H23NO. The van der Waals surface area contributed by atoms with Gasteiger partial charge in [0.25, 0.3) is 5.91 Å². The highest BCUT2D eigenvalue weighted by atomic mass is 16.2. The number of likely N-dealkylation sites (N-methyl/N-ethyl adjacent to an activating group) is 1. The second-order valence-corrected chi connectivity index (χ2v) is 3.97. The van der Waals surface area contributed by atoms with E-state index < -0.39 is 0 Å². The fraction of sp³-hybridized carbons (Fsp3) is 0.500. The minimum atomic E-state index is 0.0674. The first kappa shape index (κ1) is 14.7. The zero-order valence-electron chi connectivity index (χ0n) is 11.0. The van der Waals surface area contributed by atoms with Gasteiger partial charge in [0, 0.05) is 18.7 Å². The fourth-order valence-electron chi connectivity index (χ4n) is 1.08. The predicted molar refractivity (Wildman–Crippen MR) is 70.2 cm³/mol. The van der Waals surface area contributed by atoms with E-state index in [1.807, 2.05) is 58.2 Å². The van der Waals surface area contributed by atoms with Gasteiger partial charge >= 0.3 is 0 Å². The molecule has 0 unspecified atom stereocenters. The maximum absolute atomic E-state index is 12.1. The Labute approximate surface area is 99.3 Å². The molecule has 1 amide bonds. The number of carbonyl (C=O) groups is 1. The summed E-state index contributed by atoms with van der Waals surface area (Å²) in [5.74, 6) is 0.0674. The van der Waals surface area contributed by atoms with Gasteiger partial charge in [0.05, 0.1) is 0 Å². The molecule has 0 rings (SSSR count). The van der Waals surface area contributed by atoms with Gasteiger partial charge in [-0.05, 0) is 33.3 Å². The molecule has 0 atom stereocenters. The SMILES string of the molecule is C\C=C/C=C(\C=C/CC)C(=O)N(C)C(C)C. The van der Waals surface area contributed by atoms with Gasteiger partial charge in [0.15, 0.2) is 0 Å². The number of amides is 1. The first-order valence-corrected chi connectivity index (χ1v) is 5.81. The normalized spacial score (nSPS) is 13.0. The van der Waals surface area contributed by atoms with Crippen molar-refractivity contribution in [2.75, 3.05) is 7.05 Å². The van der Waals surface area contributed by atoms with Gasteiger partial charge in [-0.15, -0.1) is 0 Å². The van der Waals surface area contributed by atoms with E-state index in [0.29, 0.717) is 0 Å². The van der Waals surface area contributed by atoms with Crippen LogP contribution in [0.25, 0.3) is 0 Å². The van der Waals surface area contributed by atoms with E-state index in [1.165, 1.54) is 0 Å². The van der Waals surface area contributed by atoms with Crippen molar-refractivity contribution < 1.29 is 4.79 Å². The van der Waals surface area contributed by atoms with Crippen molar-refractivity contribution in [3.63, 3.8) is 0 Å². The average Bonchev–Trinajstić information content (AvgIpc) is 2.27. The molecule has 0 radical (unpaired) electrons. The van der Waals surface area contributed by atoms with E-state index in [9.17, 15) is 4.79 Å². The Kier molecular flexibility index (Phi) is 7.27. The minimum Gasteiger partial charge on any atom is -0.339 e. The van der Waals surface area contributed by atoms with Crippen LogP contribution in [0.5, 0.6) is 0 Å². The Hall–Kier alpha value is -1.31. The molecule has 0 aromatic carbocycles. The van der Waals surface area contributed by atoms with Gasteiger partial charge in [0.1, 0.15) is 0 Å².